The standard InChI is InChI=1S/C8F18.Na.H/c9-1(10,3(13,14)5(17,18)7(21,22)23)2(11,12)4(15,16)6(19,20)8(24,25)26;;/q;+1;-1. The van der Waals surface area contributed by atoms with Crippen molar-refractivity contribution < 1.29 is 110 Å². The molecule has 0 aliphatic heterocycles. The van der Waals surface area contributed by atoms with Crippen molar-refractivity contribution in [1.29, 1.82) is 0 Å². The molecule has 0 aliphatic carbocycles. The number of rotatable bonds is 5. The van der Waals surface area contributed by atoms with Crippen LogP contribution < -0.4 is 29.6 Å². The summed E-state index contributed by atoms with van der Waals surface area (Å²) in [6.07, 6.45) is -15.6. The average molecular weight is 462 g/mol. The minimum atomic E-state index is -8.72. The van der Waals surface area contributed by atoms with Crippen LogP contribution in [-0.4, -0.2) is 47.9 Å². The first-order valence-corrected chi connectivity index (χ1v) is 5.15. The molecule has 0 saturated heterocycles. The van der Waals surface area contributed by atoms with Crippen molar-refractivity contribution >= 4 is 0 Å². The monoisotopic (exact) mass is 462 g/mol. The maximum atomic E-state index is 12.8. The Morgan fingerprint density at radius 1 is 0.259 bits per heavy atom. The Morgan fingerprint density at radius 3 is 0.481 bits per heavy atom. The molecule has 0 spiro atoms. The van der Waals surface area contributed by atoms with Gasteiger partial charge in [0.2, 0.25) is 0 Å². The Morgan fingerprint density at radius 2 is 0.370 bits per heavy atom. The molecule has 0 heterocycles. The molecular weight excluding hydrogens is 461 g/mol. The van der Waals surface area contributed by atoms with Crippen molar-refractivity contribution in [3.8, 4) is 0 Å². The van der Waals surface area contributed by atoms with E-state index in [0.29, 0.717) is 0 Å². The molecule has 0 bridgehead atoms. The van der Waals surface area contributed by atoms with E-state index in [9.17, 15) is 79.0 Å². The van der Waals surface area contributed by atoms with E-state index in [0.717, 1.165) is 0 Å². The minimum Gasteiger partial charge on any atom is -1.00 e. The fourth-order valence-corrected chi connectivity index (χ4v) is 1.14. The molecule has 27 heavy (non-hydrogen) atoms. The summed E-state index contributed by atoms with van der Waals surface area (Å²) in [5.74, 6) is -51.0. The van der Waals surface area contributed by atoms with Crippen LogP contribution in [0.25, 0.3) is 0 Å². The topological polar surface area (TPSA) is 0 Å². The fourth-order valence-electron chi connectivity index (χ4n) is 1.14. The molecular formula is C8HF18Na. The Balaban J connectivity index is -0.00000312. The van der Waals surface area contributed by atoms with Gasteiger partial charge < -0.3 is 1.43 Å². The predicted molar refractivity (Wildman–Crippen MR) is 42.9 cm³/mol. The summed E-state index contributed by atoms with van der Waals surface area (Å²) in [6, 6.07) is 0. The van der Waals surface area contributed by atoms with Crippen LogP contribution >= 0.6 is 0 Å². The van der Waals surface area contributed by atoms with Gasteiger partial charge in [0.1, 0.15) is 0 Å². The van der Waals surface area contributed by atoms with Gasteiger partial charge in [0.15, 0.2) is 0 Å². The zero-order valence-corrected chi connectivity index (χ0v) is 13.8. The largest absolute Gasteiger partial charge is 1.00 e. The number of hydrogen-bond donors (Lipinski definition) is 0. The number of hydrogen-bond acceptors (Lipinski definition) is 0. The van der Waals surface area contributed by atoms with Gasteiger partial charge in [-0.3, -0.25) is 0 Å². The van der Waals surface area contributed by atoms with Gasteiger partial charge in [-0.1, -0.05) is 0 Å². The summed E-state index contributed by atoms with van der Waals surface area (Å²) < 4.78 is 221. The molecule has 0 rings (SSSR count). The first kappa shape index (κ1) is 28.9. The van der Waals surface area contributed by atoms with Gasteiger partial charge in [-0.15, -0.1) is 0 Å². The molecule has 0 amide bonds. The average Bonchev–Trinajstić information content (AvgIpc) is 2.34. The Bertz CT molecular complexity index is 481. The Hall–Kier alpha value is -0.260. The van der Waals surface area contributed by atoms with E-state index < -0.39 is 47.9 Å². The van der Waals surface area contributed by atoms with Crippen LogP contribution in [-0.2, 0) is 0 Å². The second-order valence-electron chi connectivity index (χ2n) is 4.44. The van der Waals surface area contributed by atoms with Crippen molar-refractivity contribution in [2.24, 2.45) is 0 Å². The Labute approximate surface area is 158 Å². The summed E-state index contributed by atoms with van der Waals surface area (Å²) in [7, 11) is 0. The molecule has 0 aromatic heterocycles. The third kappa shape index (κ3) is 3.69. The normalized spacial score (nSPS) is 16.2. The molecule has 0 aliphatic rings. The molecule has 0 fully saturated rings. The van der Waals surface area contributed by atoms with Crippen molar-refractivity contribution in [3.05, 3.63) is 0 Å². The van der Waals surface area contributed by atoms with Crippen LogP contribution in [0.1, 0.15) is 1.43 Å². The van der Waals surface area contributed by atoms with Gasteiger partial charge in [-0.2, -0.15) is 79.0 Å². The molecule has 160 valence electrons. The van der Waals surface area contributed by atoms with Crippen LogP contribution in [0.2, 0.25) is 0 Å². The molecule has 19 heteroatoms. The van der Waals surface area contributed by atoms with E-state index in [1.807, 2.05) is 0 Å². The van der Waals surface area contributed by atoms with Crippen LogP contribution in [0, 0.1) is 0 Å². The molecule has 0 aromatic carbocycles. The minimum absolute atomic E-state index is 0. The van der Waals surface area contributed by atoms with Crippen LogP contribution in [0.3, 0.4) is 0 Å². The quantitative estimate of drug-likeness (QED) is 0.436. The molecule has 0 atom stereocenters. The second kappa shape index (κ2) is 6.91. The van der Waals surface area contributed by atoms with Gasteiger partial charge in [0.05, 0.1) is 0 Å². The van der Waals surface area contributed by atoms with Gasteiger partial charge in [-0.05, 0) is 0 Å². The molecule has 0 nitrogen and oxygen atoms in total. The van der Waals surface area contributed by atoms with E-state index >= 15 is 0 Å². The molecule has 0 N–H and O–H groups in total. The SMILES string of the molecule is FC(F)(F)C(F)(F)C(F)(F)C(F)(F)C(F)(F)C(F)(F)C(F)(F)C(F)(F)F.[H-].[Na+]. The summed E-state index contributed by atoms with van der Waals surface area (Å²) >= 11 is 0. The summed E-state index contributed by atoms with van der Waals surface area (Å²) in [5.41, 5.74) is 0. The van der Waals surface area contributed by atoms with Gasteiger partial charge >= 0.3 is 77.4 Å². The van der Waals surface area contributed by atoms with Crippen LogP contribution in [0.4, 0.5) is 79.0 Å². The van der Waals surface area contributed by atoms with Crippen molar-refractivity contribution in [2.75, 3.05) is 0 Å². The molecule has 0 aromatic rings. The van der Waals surface area contributed by atoms with E-state index in [2.05, 4.69) is 0 Å². The van der Waals surface area contributed by atoms with Crippen molar-refractivity contribution in [3.63, 3.8) is 0 Å². The molecule has 0 unspecified atom stereocenters. The maximum absolute atomic E-state index is 12.8. The van der Waals surface area contributed by atoms with Crippen LogP contribution in [0.15, 0.2) is 0 Å². The van der Waals surface area contributed by atoms with E-state index in [1.165, 1.54) is 0 Å². The van der Waals surface area contributed by atoms with E-state index in [4.69, 9.17) is 0 Å². The number of alkyl halides is 18. The maximum Gasteiger partial charge on any atom is 1.00 e. The number of halogens is 18. The van der Waals surface area contributed by atoms with Crippen LogP contribution in [0.5, 0.6) is 0 Å². The first-order chi connectivity index (χ1) is 10.8. The van der Waals surface area contributed by atoms with E-state index in [1.54, 1.807) is 0 Å². The zero-order valence-electron chi connectivity index (χ0n) is 12.8. The summed E-state index contributed by atoms with van der Waals surface area (Å²) in [6.45, 7) is 0. The molecule has 0 saturated carbocycles. The summed E-state index contributed by atoms with van der Waals surface area (Å²) in [4.78, 5) is 0. The first-order valence-electron chi connectivity index (χ1n) is 5.15. The third-order valence-corrected chi connectivity index (χ3v) is 2.68. The third-order valence-electron chi connectivity index (χ3n) is 2.68. The second-order valence-corrected chi connectivity index (χ2v) is 4.44. The summed E-state index contributed by atoms with van der Waals surface area (Å²) in [5, 5.41) is 0. The van der Waals surface area contributed by atoms with Gasteiger partial charge in [0.25, 0.3) is 0 Å². The van der Waals surface area contributed by atoms with E-state index in [-0.39, 0.29) is 31.0 Å². The van der Waals surface area contributed by atoms with Gasteiger partial charge in [0, 0.05) is 0 Å². The van der Waals surface area contributed by atoms with Crippen molar-refractivity contribution in [1.82, 2.24) is 0 Å². The van der Waals surface area contributed by atoms with Crippen molar-refractivity contribution in [2.45, 2.75) is 47.9 Å². The molecule has 0 radical (unpaired) electrons. The fraction of sp³-hybridized carbons (Fsp3) is 1.00. The predicted octanol–water partition coefficient (Wildman–Crippen LogP) is 3.04. The Kier molecular flexibility index (Phi) is 7.41. The van der Waals surface area contributed by atoms with Gasteiger partial charge in [-0.25, -0.2) is 0 Å². The zero-order chi connectivity index (χ0) is 22.0. The smallest absolute Gasteiger partial charge is 1.00 e.